The number of halogens is 6. The summed E-state index contributed by atoms with van der Waals surface area (Å²) in [5.41, 5.74) is 11.9. The predicted molar refractivity (Wildman–Crippen MR) is 183 cm³/mol. The van der Waals surface area contributed by atoms with Gasteiger partial charge >= 0.3 is 0 Å². The molecule has 0 aliphatic carbocycles. The first-order valence-electron chi connectivity index (χ1n) is 15.6. The zero-order valence-corrected chi connectivity index (χ0v) is 28.3. The molecule has 5 heterocycles. The molecule has 0 unspecified atom stereocenters. The minimum atomic E-state index is -1.30. The van der Waals surface area contributed by atoms with E-state index in [-0.39, 0.29) is 29.7 Å². The first kappa shape index (κ1) is 38.7. The summed E-state index contributed by atoms with van der Waals surface area (Å²) in [6.45, 7) is 1.04. The van der Waals surface area contributed by atoms with Crippen molar-refractivity contribution in [3.8, 4) is 40.4 Å². The van der Waals surface area contributed by atoms with Crippen molar-refractivity contribution in [3.05, 3.63) is 137 Å². The lowest BCUT2D eigenvalue weighted by Crippen LogP contribution is -2.14. The fourth-order valence-electron chi connectivity index (χ4n) is 4.72. The molecule has 0 radical (unpaired) electrons. The number of nitriles is 1. The average molecular weight is 761 g/mol. The largest absolute Gasteiger partial charge is 0.384 e. The maximum atomic E-state index is 14.1. The Hall–Kier alpha value is -7.56. The second-order valence-electron chi connectivity index (χ2n) is 10.9. The standard InChI is InChI=1S/C17H11F3N6O.C14H10F3N5O.C4H5N/c18-10-1-2-11(19)16(20)9(10)8-26-14(12-4-6-27-25-12)7-13(24-26)17-22-5-3-15(21)23-17;15-8-1-2-9(16)13(17)7(8)6-22-12(10-3-4-23-21-10)5-11(20-22)14(18)19;1-2-3-4-5/h1-7H,8H2,(H2,21,22,23);1-5H,6H2,(H3,18,19);2-3H,1H3. The molecule has 0 saturated heterocycles. The summed E-state index contributed by atoms with van der Waals surface area (Å²) in [5, 5.41) is 31.0. The van der Waals surface area contributed by atoms with Gasteiger partial charge in [-0.05, 0) is 49.4 Å². The molecule has 2 aromatic carbocycles. The van der Waals surface area contributed by atoms with Crippen molar-refractivity contribution in [2.45, 2.75) is 20.0 Å². The number of aromatic nitrogens is 8. The van der Waals surface area contributed by atoms with Crippen LogP contribution in [-0.2, 0) is 13.1 Å². The molecule has 20 heteroatoms. The molecule has 7 rings (SSSR count). The number of anilines is 1. The Kier molecular flexibility index (Phi) is 12.2. The van der Waals surface area contributed by atoms with Crippen LogP contribution in [0.15, 0.2) is 94.5 Å². The quantitative estimate of drug-likeness (QED) is 0.0506. The van der Waals surface area contributed by atoms with Crippen LogP contribution in [0.4, 0.5) is 32.2 Å². The minimum Gasteiger partial charge on any atom is -0.384 e. The van der Waals surface area contributed by atoms with E-state index in [1.807, 2.05) is 13.0 Å². The third-order valence-corrected chi connectivity index (χ3v) is 7.28. The fourth-order valence-corrected chi connectivity index (χ4v) is 4.72. The number of allylic oxidation sites excluding steroid dienone is 2. The maximum Gasteiger partial charge on any atom is 0.182 e. The summed E-state index contributed by atoms with van der Waals surface area (Å²) in [5.74, 6) is -6.56. The Balaban J connectivity index is 0.000000190. The van der Waals surface area contributed by atoms with Crippen molar-refractivity contribution >= 4 is 11.7 Å². The van der Waals surface area contributed by atoms with Crippen LogP contribution in [-0.4, -0.2) is 45.7 Å². The molecule has 7 aromatic rings. The van der Waals surface area contributed by atoms with Gasteiger partial charge in [0.05, 0.1) is 30.5 Å². The van der Waals surface area contributed by atoms with E-state index in [9.17, 15) is 26.3 Å². The highest BCUT2D eigenvalue weighted by Crippen LogP contribution is 2.27. The van der Waals surface area contributed by atoms with Crippen LogP contribution in [0.1, 0.15) is 23.7 Å². The van der Waals surface area contributed by atoms with E-state index in [0.29, 0.717) is 34.5 Å². The highest BCUT2D eigenvalue weighted by molar-refractivity contribution is 5.94. The highest BCUT2D eigenvalue weighted by Gasteiger charge is 2.21. The van der Waals surface area contributed by atoms with E-state index in [4.69, 9.17) is 31.2 Å². The number of nitrogen functional groups attached to an aromatic ring is 2. The third kappa shape index (κ3) is 9.09. The second kappa shape index (κ2) is 17.3. The summed E-state index contributed by atoms with van der Waals surface area (Å²) >= 11 is 0. The second-order valence-corrected chi connectivity index (χ2v) is 10.9. The van der Waals surface area contributed by atoms with Gasteiger partial charge in [-0.15, -0.1) is 0 Å². The van der Waals surface area contributed by atoms with Gasteiger partial charge < -0.3 is 20.5 Å². The lowest BCUT2D eigenvalue weighted by Gasteiger charge is -2.08. The number of rotatable bonds is 8. The van der Waals surface area contributed by atoms with Gasteiger partial charge in [-0.2, -0.15) is 15.5 Å². The highest BCUT2D eigenvalue weighted by atomic mass is 19.2. The van der Waals surface area contributed by atoms with Crippen LogP contribution in [0.2, 0.25) is 0 Å². The summed E-state index contributed by atoms with van der Waals surface area (Å²) < 4.78 is 94.6. The van der Waals surface area contributed by atoms with E-state index in [2.05, 4.69) is 30.5 Å². The number of hydrogen-bond donors (Lipinski definition) is 3. The van der Waals surface area contributed by atoms with Gasteiger partial charge in [0.25, 0.3) is 0 Å². The van der Waals surface area contributed by atoms with Gasteiger partial charge in [0, 0.05) is 35.5 Å². The molecule has 0 aliphatic rings. The number of nitrogens with two attached hydrogens (primary N) is 2. The van der Waals surface area contributed by atoms with Crippen LogP contribution in [0.5, 0.6) is 0 Å². The van der Waals surface area contributed by atoms with Gasteiger partial charge in [-0.3, -0.25) is 14.8 Å². The fraction of sp³-hybridized carbons (Fsp3) is 0.0857. The van der Waals surface area contributed by atoms with Crippen molar-refractivity contribution in [2.24, 2.45) is 5.73 Å². The zero-order valence-electron chi connectivity index (χ0n) is 28.3. The van der Waals surface area contributed by atoms with E-state index >= 15 is 0 Å². The monoisotopic (exact) mass is 760 g/mol. The van der Waals surface area contributed by atoms with Crippen LogP contribution in [0, 0.1) is 51.6 Å². The molecule has 0 fully saturated rings. The smallest absolute Gasteiger partial charge is 0.182 e. The molecule has 5 aromatic heterocycles. The number of hydrogen-bond acceptors (Lipinski definition) is 11. The first-order valence-corrected chi connectivity index (χ1v) is 15.6. The van der Waals surface area contributed by atoms with E-state index in [1.165, 1.54) is 52.4 Å². The Bertz CT molecular complexity index is 2490. The van der Waals surface area contributed by atoms with Crippen LogP contribution >= 0.6 is 0 Å². The lowest BCUT2D eigenvalue weighted by molar-refractivity contribution is 0.421. The molecular formula is C35H26F6N12O2. The van der Waals surface area contributed by atoms with Crippen molar-refractivity contribution in [3.63, 3.8) is 0 Å². The zero-order chi connectivity index (χ0) is 39.6. The summed E-state index contributed by atoms with van der Waals surface area (Å²) in [6.07, 6.45) is 7.23. The topological polar surface area (TPSA) is 213 Å². The van der Waals surface area contributed by atoms with E-state index in [1.54, 1.807) is 18.2 Å². The molecule has 5 N–H and O–H groups in total. The molecule has 280 valence electrons. The number of benzene rings is 2. The summed E-state index contributed by atoms with van der Waals surface area (Å²) in [7, 11) is 0. The van der Waals surface area contributed by atoms with Gasteiger partial charge in [0.2, 0.25) is 0 Å². The number of nitrogens with zero attached hydrogens (tertiary/aromatic N) is 9. The Morgan fingerprint density at radius 1 is 0.782 bits per heavy atom. The van der Waals surface area contributed by atoms with Crippen LogP contribution in [0.25, 0.3) is 34.3 Å². The Morgan fingerprint density at radius 3 is 1.76 bits per heavy atom. The van der Waals surface area contributed by atoms with Crippen LogP contribution < -0.4 is 11.5 Å². The van der Waals surface area contributed by atoms with Crippen LogP contribution in [0.3, 0.4) is 0 Å². The molecule has 0 atom stereocenters. The van der Waals surface area contributed by atoms with Crippen molar-refractivity contribution in [1.82, 2.24) is 39.8 Å². The minimum absolute atomic E-state index is 0.0974. The molecular weight excluding hydrogens is 734 g/mol. The summed E-state index contributed by atoms with van der Waals surface area (Å²) in [6, 6.07) is 12.5. The number of nitrogens with one attached hydrogen (secondary N) is 1. The SMILES string of the molecule is CC=CC#N.N=C(N)c1cc(-c2ccon2)n(Cc2c(F)ccc(F)c2F)n1.Nc1ccnc(-c2cc(-c3ccon3)n(Cc3c(F)ccc(F)c3F)n2)n1. The molecule has 0 bridgehead atoms. The molecule has 0 saturated carbocycles. The van der Waals surface area contributed by atoms with Gasteiger partial charge in [-0.25, -0.2) is 36.3 Å². The van der Waals surface area contributed by atoms with Gasteiger partial charge in [0.1, 0.15) is 58.6 Å². The molecule has 0 aliphatic heterocycles. The first-order chi connectivity index (χ1) is 26.4. The maximum absolute atomic E-state index is 14.1. The normalized spacial score (nSPS) is 10.7. The van der Waals surface area contributed by atoms with Crippen molar-refractivity contribution in [2.75, 3.05) is 5.73 Å². The lowest BCUT2D eigenvalue weighted by atomic mass is 10.2. The van der Waals surface area contributed by atoms with E-state index in [0.717, 1.165) is 18.2 Å². The Morgan fingerprint density at radius 2 is 1.31 bits per heavy atom. The average Bonchev–Trinajstić information content (AvgIpc) is 4.00. The van der Waals surface area contributed by atoms with Crippen molar-refractivity contribution in [1.29, 1.82) is 10.7 Å². The van der Waals surface area contributed by atoms with Crippen molar-refractivity contribution < 1.29 is 35.4 Å². The molecule has 14 nitrogen and oxygen atoms in total. The van der Waals surface area contributed by atoms with E-state index < -0.39 is 52.6 Å². The van der Waals surface area contributed by atoms with Gasteiger partial charge in [-0.1, -0.05) is 16.4 Å². The molecule has 55 heavy (non-hydrogen) atoms. The predicted octanol–water partition coefficient (Wildman–Crippen LogP) is 6.42. The molecule has 0 spiro atoms. The Labute approximate surface area is 306 Å². The summed E-state index contributed by atoms with van der Waals surface area (Å²) in [4.78, 5) is 8.16. The molecule has 0 amide bonds. The third-order valence-electron chi connectivity index (χ3n) is 7.28. The number of amidine groups is 1. The van der Waals surface area contributed by atoms with Gasteiger partial charge in [0.15, 0.2) is 29.1 Å².